The number of hydrogen-bond acceptors (Lipinski definition) is 2. The molecule has 0 aliphatic heterocycles. The van der Waals surface area contributed by atoms with Crippen LogP contribution in [-0.4, -0.2) is 15.8 Å². The Labute approximate surface area is 139 Å². The Morgan fingerprint density at radius 2 is 1.91 bits per heavy atom. The van der Waals surface area contributed by atoms with Crippen LogP contribution in [0.15, 0.2) is 23.5 Å². The molecular weight excluding hydrogens is 284 g/mol. The zero-order valence-electron chi connectivity index (χ0n) is 14.3. The molecular formula is C21H28O2. The molecule has 4 aliphatic carbocycles. The maximum Gasteiger partial charge on any atom is 0.130 e. The molecule has 4 aliphatic rings. The summed E-state index contributed by atoms with van der Waals surface area (Å²) >= 11 is 0. The van der Waals surface area contributed by atoms with E-state index in [4.69, 9.17) is 6.42 Å². The summed E-state index contributed by atoms with van der Waals surface area (Å²) in [5.41, 5.74) is 0.486. The monoisotopic (exact) mass is 312 g/mol. The molecule has 0 amide bonds. The molecule has 2 fully saturated rings. The SMILES string of the molecule is C#C[C@]1(O)CC[C@H]2[C@@H]3CC=C4C=C(O)CC[C@]4(C)[C@H]3CC[C@@]21C. The Morgan fingerprint density at radius 1 is 1.17 bits per heavy atom. The van der Waals surface area contributed by atoms with E-state index in [-0.39, 0.29) is 10.8 Å². The topological polar surface area (TPSA) is 40.5 Å². The molecule has 0 aromatic rings. The molecule has 0 heterocycles. The van der Waals surface area contributed by atoms with Crippen LogP contribution in [0.1, 0.15) is 58.8 Å². The summed E-state index contributed by atoms with van der Waals surface area (Å²) in [6.07, 6.45) is 17.0. The van der Waals surface area contributed by atoms with Gasteiger partial charge in [-0.05, 0) is 73.3 Å². The van der Waals surface area contributed by atoms with Gasteiger partial charge in [-0.25, -0.2) is 0 Å². The van der Waals surface area contributed by atoms with E-state index in [0.717, 1.165) is 44.9 Å². The number of allylic oxidation sites excluding steroid dienone is 4. The number of terminal acetylenes is 1. The molecule has 0 unspecified atom stereocenters. The summed E-state index contributed by atoms with van der Waals surface area (Å²) < 4.78 is 0. The molecule has 0 bridgehead atoms. The fourth-order valence-corrected chi connectivity index (χ4v) is 6.56. The van der Waals surface area contributed by atoms with Crippen molar-refractivity contribution in [3.63, 3.8) is 0 Å². The average Bonchev–Trinajstić information content (AvgIpc) is 2.80. The van der Waals surface area contributed by atoms with Crippen molar-refractivity contribution in [2.45, 2.75) is 64.4 Å². The normalized spacial score (nSPS) is 51.7. The average molecular weight is 312 g/mol. The van der Waals surface area contributed by atoms with Crippen molar-refractivity contribution in [2.75, 3.05) is 0 Å². The van der Waals surface area contributed by atoms with Crippen LogP contribution in [0.3, 0.4) is 0 Å². The molecule has 0 saturated heterocycles. The molecule has 2 heteroatoms. The summed E-state index contributed by atoms with van der Waals surface area (Å²) in [5, 5.41) is 20.9. The van der Waals surface area contributed by atoms with Crippen molar-refractivity contribution in [1.29, 1.82) is 0 Å². The third kappa shape index (κ3) is 1.81. The Kier molecular flexibility index (Phi) is 3.11. The van der Waals surface area contributed by atoms with Gasteiger partial charge in [0.05, 0.1) is 5.76 Å². The van der Waals surface area contributed by atoms with E-state index in [1.54, 1.807) is 0 Å². The molecule has 0 spiro atoms. The van der Waals surface area contributed by atoms with E-state index in [1.165, 1.54) is 5.57 Å². The Bertz CT molecular complexity index is 639. The van der Waals surface area contributed by atoms with Crippen molar-refractivity contribution in [3.05, 3.63) is 23.5 Å². The molecule has 0 aromatic heterocycles. The van der Waals surface area contributed by atoms with E-state index >= 15 is 0 Å². The summed E-state index contributed by atoms with van der Waals surface area (Å²) in [6.45, 7) is 4.62. The Balaban J connectivity index is 1.73. The standard InChI is InChI=1S/C21H28O2/c1-4-21(23)12-9-18-16-6-5-14-13-15(22)7-10-19(14,2)17(16)8-11-20(18,21)3/h1,5,13,16-18,22-23H,6-12H2,2-3H3/t16-,17+,18+,19+,20+,21+/m1/s1. The van der Waals surface area contributed by atoms with E-state index < -0.39 is 5.60 Å². The Morgan fingerprint density at radius 3 is 2.65 bits per heavy atom. The van der Waals surface area contributed by atoms with Crippen LogP contribution in [0.5, 0.6) is 0 Å². The number of fused-ring (bicyclic) bond motifs is 5. The molecule has 2 N–H and O–H groups in total. The van der Waals surface area contributed by atoms with Gasteiger partial charge in [-0.3, -0.25) is 0 Å². The van der Waals surface area contributed by atoms with Crippen LogP contribution in [0, 0.1) is 40.9 Å². The van der Waals surface area contributed by atoms with Crippen LogP contribution >= 0.6 is 0 Å². The summed E-state index contributed by atoms with van der Waals surface area (Å²) in [4.78, 5) is 0. The lowest BCUT2D eigenvalue weighted by molar-refractivity contribution is -0.0922. The van der Waals surface area contributed by atoms with Gasteiger partial charge in [-0.15, -0.1) is 6.42 Å². The minimum absolute atomic E-state index is 0.128. The highest BCUT2D eigenvalue weighted by Crippen LogP contribution is 2.66. The minimum Gasteiger partial charge on any atom is -0.512 e. The van der Waals surface area contributed by atoms with Gasteiger partial charge in [0.1, 0.15) is 5.60 Å². The first-order chi connectivity index (χ1) is 10.8. The molecule has 4 rings (SSSR count). The van der Waals surface area contributed by atoms with Crippen LogP contribution in [0.4, 0.5) is 0 Å². The van der Waals surface area contributed by atoms with Gasteiger partial charge in [-0.2, -0.15) is 0 Å². The van der Waals surface area contributed by atoms with E-state index in [1.807, 2.05) is 6.08 Å². The lowest BCUT2D eigenvalue weighted by Crippen LogP contribution is -2.53. The number of aliphatic hydroxyl groups excluding tert-OH is 1. The van der Waals surface area contributed by atoms with Gasteiger partial charge in [-0.1, -0.05) is 25.8 Å². The molecule has 0 radical (unpaired) electrons. The number of rotatable bonds is 0. The van der Waals surface area contributed by atoms with E-state index in [2.05, 4.69) is 25.8 Å². The predicted octanol–water partition coefficient (Wildman–Crippen LogP) is 4.37. The molecule has 124 valence electrons. The second-order valence-corrected chi connectivity index (χ2v) is 8.82. The number of aliphatic hydroxyl groups is 2. The van der Waals surface area contributed by atoms with Gasteiger partial charge >= 0.3 is 0 Å². The molecule has 2 saturated carbocycles. The molecule has 0 aromatic carbocycles. The maximum atomic E-state index is 11.0. The fourth-order valence-electron chi connectivity index (χ4n) is 6.56. The first kappa shape index (κ1) is 15.3. The summed E-state index contributed by atoms with van der Waals surface area (Å²) in [5.74, 6) is 5.09. The highest BCUT2D eigenvalue weighted by molar-refractivity contribution is 5.36. The second kappa shape index (κ2) is 4.67. The predicted molar refractivity (Wildman–Crippen MR) is 91.6 cm³/mol. The minimum atomic E-state index is -0.918. The van der Waals surface area contributed by atoms with Crippen molar-refractivity contribution >= 4 is 0 Å². The van der Waals surface area contributed by atoms with Crippen LogP contribution in [0.2, 0.25) is 0 Å². The first-order valence-corrected chi connectivity index (χ1v) is 9.14. The van der Waals surface area contributed by atoms with Crippen LogP contribution in [-0.2, 0) is 0 Å². The van der Waals surface area contributed by atoms with Gasteiger partial charge in [0, 0.05) is 11.8 Å². The third-order valence-corrected chi connectivity index (χ3v) is 8.14. The molecule has 6 atom stereocenters. The second-order valence-electron chi connectivity index (χ2n) is 8.82. The van der Waals surface area contributed by atoms with Gasteiger partial charge < -0.3 is 10.2 Å². The largest absolute Gasteiger partial charge is 0.512 e. The van der Waals surface area contributed by atoms with Crippen LogP contribution < -0.4 is 0 Å². The van der Waals surface area contributed by atoms with E-state index in [0.29, 0.717) is 23.5 Å². The zero-order chi connectivity index (χ0) is 16.5. The van der Waals surface area contributed by atoms with Gasteiger partial charge in [0.15, 0.2) is 0 Å². The van der Waals surface area contributed by atoms with E-state index in [9.17, 15) is 10.2 Å². The molecule has 23 heavy (non-hydrogen) atoms. The third-order valence-electron chi connectivity index (χ3n) is 8.14. The van der Waals surface area contributed by atoms with Crippen molar-refractivity contribution in [3.8, 4) is 12.3 Å². The zero-order valence-corrected chi connectivity index (χ0v) is 14.3. The maximum absolute atomic E-state index is 11.0. The summed E-state index contributed by atoms with van der Waals surface area (Å²) in [7, 11) is 0. The van der Waals surface area contributed by atoms with Crippen molar-refractivity contribution < 1.29 is 10.2 Å². The van der Waals surface area contributed by atoms with Gasteiger partial charge in [0.25, 0.3) is 0 Å². The van der Waals surface area contributed by atoms with Gasteiger partial charge in [0.2, 0.25) is 0 Å². The molecule has 2 nitrogen and oxygen atoms in total. The highest BCUT2D eigenvalue weighted by Gasteiger charge is 2.63. The Hall–Kier alpha value is -1.20. The fraction of sp³-hybridized carbons (Fsp3) is 0.714. The lowest BCUT2D eigenvalue weighted by Gasteiger charge is -2.57. The number of hydrogen-bond donors (Lipinski definition) is 2. The summed E-state index contributed by atoms with van der Waals surface area (Å²) in [6, 6.07) is 0. The first-order valence-electron chi connectivity index (χ1n) is 9.14. The quantitative estimate of drug-likeness (QED) is 0.652. The van der Waals surface area contributed by atoms with Crippen molar-refractivity contribution in [2.24, 2.45) is 28.6 Å². The van der Waals surface area contributed by atoms with Crippen molar-refractivity contribution in [1.82, 2.24) is 0 Å². The smallest absolute Gasteiger partial charge is 0.130 e. The van der Waals surface area contributed by atoms with Crippen LogP contribution in [0.25, 0.3) is 0 Å². The highest BCUT2D eigenvalue weighted by atomic mass is 16.3. The lowest BCUT2D eigenvalue weighted by atomic mass is 9.47.